The summed E-state index contributed by atoms with van der Waals surface area (Å²) in [4.78, 5) is 28.8. The van der Waals surface area contributed by atoms with Gasteiger partial charge in [0.05, 0.1) is 11.0 Å². The van der Waals surface area contributed by atoms with Crippen LogP contribution in [0.3, 0.4) is 0 Å². The average Bonchev–Trinajstić information content (AvgIpc) is 3.00. The summed E-state index contributed by atoms with van der Waals surface area (Å²) in [6, 6.07) is 8.09. The van der Waals surface area contributed by atoms with Crippen LogP contribution in [0.4, 0.5) is 0 Å². The smallest absolute Gasteiger partial charge is 0.245 e. The molecule has 2 aromatic rings. The predicted molar refractivity (Wildman–Crippen MR) is 103 cm³/mol. The number of nitrogens with zero attached hydrogens (tertiary/aromatic N) is 2. The van der Waals surface area contributed by atoms with Crippen molar-refractivity contribution in [3.63, 3.8) is 0 Å². The zero-order valence-electron chi connectivity index (χ0n) is 15.9. The summed E-state index contributed by atoms with van der Waals surface area (Å²) in [5.41, 5.74) is 1.80. The first-order valence-electron chi connectivity index (χ1n) is 9.66. The highest BCUT2D eigenvalue weighted by molar-refractivity contribution is 5.81. The first kappa shape index (κ1) is 19.4. The zero-order valence-corrected chi connectivity index (χ0v) is 15.9. The van der Waals surface area contributed by atoms with Crippen molar-refractivity contribution in [3.05, 3.63) is 30.1 Å². The molecular formula is C20H28N4O3. The van der Waals surface area contributed by atoms with Crippen LogP contribution in [0.2, 0.25) is 0 Å². The summed E-state index contributed by atoms with van der Waals surface area (Å²) in [5, 5.41) is 5.97. The number of aromatic nitrogens is 2. The topological polar surface area (TPSA) is 85.2 Å². The Morgan fingerprint density at radius 2 is 1.96 bits per heavy atom. The van der Waals surface area contributed by atoms with Gasteiger partial charge in [0, 0.05) is 26.1 Å². The molecule has 0 bridgehead atoms. The lowest BCUT2D eigenvalue weighted by atomic mass is 9.95. The van der Waals surface area contributed by atoms with Gasteiger partial charge in [0.25, 0.3) is 0 Å². The van der Waals surface area contributed by atoms with Crippen LogP contribution in [0.25, 0.3) is 11.0 Å². The minimum atomic E-state index is -0.157. The minimum Gasteiger partial charge on any atom is -0.375 e. The molecule has 0 unspecified atom stereocenters. The van der Waals surface area contributed by atoms with E-state index in [1.165, 1.54) is 26.4 Å². The van der Waals surface area contributed by atoms with Crippen molar-refractivity contribution in [2.45, 2.75) is 51.1 Å². The molecule has 1 aromatic heterocycles. The average molecular weight is 372 g/mol. The van der Waals surface area contributed by atoms with Gasteiger partial charge >= 0.3 is 0 Å². The Morgan fingerprint density at radius 1 is 1.19 bits per heavy atom. The number of hydrogen-bond acceptors (Lipinski definition) is 4. The molecule has 1 aromatic carbocycles. The Morgan fingerprint density at radius 3 is 2.74 bits per heavy atom. The van der Waals surface area contributed by atoms with E-state index in [1.807, 2.05) is 28.8 Å². The molecule has 27 heavy (non-hydrogen) atoms. The van der Waals surface area contributed by atoms with Crippen molar-refractivity contribution in [2.75, 3.05) is 20.3 Å². The number of imidazole rings is 1. The fourth-order valence-corrected chi connectivity index (χ4v) is 3.65. The molecule has 1 fully saturated rings. The number of amides is 2. The summed E-state index contributed by atoms with van der Waals surface area (Å²) in [5.74, 6) is 0.664. The van der Waals surface area contributed by atoms with Gasteiger partial charge < -0.3 is 19.9 Å². The number of rotatable bonds is 8. The van der Waals surface area contributed by atoms with Crippen LogP contribution >= 0.6 is 0 Å². The summed E-state index contributed by atoms with van der Waals surface area (Å²) < 4.78 is 6.77. The summed E-state index contributed by atoms with van der Waals surface area (Å²) in [6.07, 6.45) is 6.32. The predicted octanol–water partition coefficient (Wildman–Crippen LogP) is 1.79. The lowest BCUT2D eigenvalue weighted by Gasteiger charge is -2.23. The molecule has 0 atom stereocenters. The van der Waals surface area contributed by atoms with Crippen LogP contribution in [0.15, 0.2) is 24.3 Å². The third-order valence-corrected chi connectivity index (χ3v) is 4.95. The molecular weight excluding hydrogens is 344 g/mol. The van der Waals surface area contributed by atoms with Gasteiger partial charge in [-0.1, -0.05) is 31.4 Å². The number of fused-ring (bicyclic) bond motifs is 1. The maximum Gasteiger partial charge on any atom is 0.245 e. The molecule has 2 N–H and O–H groups in total. The Bertz CT molecular complexity index is 781. The van der Waals surface area contributed by atoms with E-state index >= 15 is 0 Å². The van der Waals surface area contributed by atoms with Crippen molar-refractivity contribution in [1.29, 1.82) is 0 Å². The summed E-state index contributed by atoms with van der Waals surface area (Å²) in [7, 11) is 1.49. The normalized spacial score (nSPS) is 15.0. The van der Waals surface area contributed by atoms with Crippen molar-refractivity contribution in [1.82, 2.24) is 20.2 Å². The second-order valence-electron chi connectivity index (χ2n) is 7.04. The Balaban J connectivity index is 1.68. The zero-order chi connectivity index (χ0) is 19.1. The number of methoxy groups -OCH3 is 1. The molecule has 146 valence electrons. The largest absolute Gasteiger partial charge is 0.375 e. The van der Waals surface area contributed by atoms with E-state index in [0.29, 0.717) is 13.0 Å². The van der Waals surface area contributed by atoms with Gasteiger partial charge in [-0.3, -0.25) is 9.59 Å². The number of carbonyl (C=O) groups is 2. The molecule has 1 aliphatic carbocycles. The maximum atomic E-state index is 12.6. The Kier molecular flexibility index (Phi) is 6.81. The molecule has 0 radical (unpaired) electrons. The minimum absolute atomic E-state index is 0.0229. The first-order valence-corrected chi connectivity index (χ1v) is 9.66. The van der Waals surface area contributed by atoms with E-state index in [2.05, 4.69) is 15.6 Å². The van der Waals surface area contributed by atoms with Crippen LogP contribution in [-0.4, -0.2) is 47.7 Å². The van der Waals surface area contributed by atoms with Gasteiger partial charge in [-0.25, -0.2) is 4.98 Å². The summed E-state index contributed by atoms with van der Waals surface area (Å²) >= 11 is 0. The Hall–Kier alpha value is -2.41. The highest BCUT2D eigenvalue weighted by Gasteiger charge is 2.18. The van der Waals surface area contributed by atoms with Crippen LogP contribution < -0.4 is 10.6 Å². The molecule has 1 heterocycles. The number of nitrogens with one attached hydrogen (secondary N) is 2. The highest BCUT2D eigenvalue weighted by atomic mass is 16.5. The lowest BCUT2D eigenvalue weighted by Crippen LogP contribution is -2.38. The fourth-order valence-electron chi connectivity index (χ4n) is 3.65. The first-order chi connectivity index (χ1) is 13.2. The third kappa shape index (κ3) is 5.29. The van der Waals surface area contributed by atoms with Crippen LogP contribution in [0.1, 0.15) is 37.9 Å². The van der Waals surface area contributed by atoms with Gasteiger partial charge in [-0.2, -0.15) is 0 Å². The van der Waals surface area contributed by atoms with E-state index in [-0.39, 0.29) is 31.0 Å². The van der Waals surface area contributed by atoms with E-state index in [4.69, 9.17) is 4.74 Å². The number of para-hydroxylation sites is 2. The maximum absolute atomic E-state index is 12.6. The quantitative estimate of drug-likeness (QED) is 0.740. The molecule has 1 saturated carbocycles. The number of carbonyl (C=O) groups excluding carboxylic acids is 2. The van der Waals surface area contributed by atoms with E-state index in [0.717, 1.165) is 29.7 Å². The second kappa shape index (κ2) is 9.50. The van der Waals surface area contributed by atoms with Crippen molar-refractivity contribution in [3.8, 4) is 0 Å². The molecule has 7 nitrogen and oxygen atoms in total. The number of benzene rings is 1. The van der Waals surface area contributed by atoms with E-state index in [1.54, 1.807) is 0 Å². The fraction of sp³-hybridized carbons (Fsp3) is 0.550. The van der Waals surface area contributed by atoms with E-state index in [9.17, 15) is 9.59 Å². The SMILES string of the molecule is COCC(=O)NCCc1nc2ccccc2n1CC(=O)NC1CCCCC1. The van der Waals surface area contributed by atoms with Crippen LogP contribution in [0.5, 0.6) is 0 Å². The van der Waals surface area contributed by atoms with Gasteiger partial charge in [-0.15, -0.1) is 0 Å². The van der Waals surface area contributed by atoms with Gasteiger partial charge in [0.1, 0.15) is 19.0 Å². The van der Waals surface area contributed by atoms with Crippen molar-refractivity contribution in [2.24, 2.45) is 0 Å². The molecule has 3 rings (SSSR count). The van der Waals surface area contributed by atoms with Gasteiger partial charge in [0.15, 0.2) is 0 Å². The molecule has 0 aliphatic heterocycles. The van der Waals surface area contributed by atoms with Crippen molar-refractivity contribution < 1.29 is 14.3 Å². The summed E-state index contributed by atoms with van der Waals surface area (Å²) in [6.45, 7) is 0.744. The standard InChI is InChI=1S/C20H28N4O3/c1-27-14-20(26)21-12-11-18-23-16-9-5-6-10-17(16)24(18)13-19(25)22-15-7-3-2-4-8-15/h5-6,9-10,15H,2-4,7-8,11-14H2,1H3,(H,21,26)(H,22,25). The van der Waals surface area contributed by atoms with E-state index < -0.39 is 0 Å². The molecule has 7 heteroatoms. The monoisotopic (exact) mass is 372 g/mol. The van der Waals surface area contributed by atoms with Gasteiger partial charge in [-0.05, 0) is 25.0 Å². The van der Waals surface area contributed by atoms with Crippen LogP contribution in [-0.2, 0) is 27.3 Å². The molecule has 2 amide bonds. The number of hydrogen-bond donors (Lipinski definition) is 2. The molecule has 0 spiro atoms. The van der Waals surface area contributed by atoms with Crippen LogP contribution in [0, 0.1) is 0 Å². The third-order valence-electron chi connectivity index (χ3n) is 4.95. The van der Waals surface area contributed by atoms with Crippen molar-refractivity contribution >= 4 is 22.8 Å². The number of ether oxygens (including phenoxy) is 1. The lowest BCUT2D eigenvalue weighted by molar-refractivity contribution is -0.125. The molecule has 1 aliphatic rings. The molecule has 0 saturated heterocycles. The Labute approximate surface area is 159 Å². The van der Waals surface area contributed by atoms with Gasteiger partial charge in [0.2, 0.25) is 11.8 Å². The highest BCUT2D eigenvalue weighted by Crippen LogP contribution is 2.19. The second-order valence-corrected chi connectivity index (χ2v) is 7.04.